The highest BCUT2D eigenvalue weighted by atomic mass is 79.9. The first-order valence-electron chi connectivity index (χ1n) is 8.79. The van der Waals surface area contributed by atoms with E-state index in [1.54, 1.807) is 11.9 Å². The van der Waals surface area contributed by atoms with E-state index in [4.69, 9.17) is 0 Å². The van der Waals surface area contributed by atoms with Gasteiger partial charge in [0.2, 0.25) is 5.91 Å². The summed E-state index contributed by atoms with van der Waals surface area (Å²) in [6, 6.07) is 6.26. The van der Waals surface area contributed by atoms with Crippen molar-refractivity contribution in [2.75, 3.05) is 27.7 Å². The third-order valence-corrected chi connectivity index (χ3v) is 5.48. The molecule has 5 nitrogen and oxygen atoms in total. The van der Waals surface area contributed by atoms with Crippen LogP contribution in [-0.4, -0.2) is 44.5 Å². The maximum atomic E-state index is 12.6. The second-order valence-corrected chi connectivity index (χ2v) is 7.95. The Balaban J connectivity index is 1.96. The van der Waals surface area contributed by atoms with Gasteiger partial charge in [-0.2, -0.15) is 0 Å². The van der Waals surface area contributed by atoms with Crippen LogP contribution in [0.1, 0.15) is 36.8 Å². The van der Waals surface area contributed by atoms with Gasteiger partial charge in [0.1, 0.15) is 0 Å². The number of nitrogens with zero attached hydrogens (tertiary/aromatic N) is 2. The zero-order valence-electron chi connectivity index (χ0n) is 15.7. The van der Waals surface area contributed by atoms with E-state index in [0.717, 1.165) is 36.1 Å². The van der Waals surface area contributed by atoms with E-state index >= 15 is 0 Å². The predicted molar refractivity (Wildman–Crippen MR) is 107 cm³/mol. The lowest BCUT2D eigenvalue weighted by molar-refractivity contribution is -0.138. The molecule has 0 bridgehead atoms. The lowest BCUT2D eigenvalue weighted by Crippen LogP contribution is -2.49. The third kappa shape index (κ3) is 4.97. The van der Waals surface area contributed by atoms with Crippen molar-refractivity contribution in [2.24, 2.45) is 10.4 Å². The van der Waals surface area contributed by atoms with Gasteiger partial charge in [0, 0.05) is 38.7 Å². The van der Waals surface area contributed by atoms with Gasteiger partial charge < -0.3 is 15.5 Å². The Morgan fingerprint density at radius 2 is 1.96 bits per heavy atom. The summed E-state index contributed by atoms with van der Waals surface area (Å²) < 4.78 is 1.08. The average Bonchev–Trinajstić information content (AvgIpc) is 3.05. The van der Waals surface area contributed by atoms with Crippen molar-refractivity contribution in [3.8, 4) is 0 Å². The Labute approximate surface area is 159 Å². The topological polar surface area (TPSA) is 56.7 Å². The Hall–Kier alpha value is -1.56. The molecule has 2 N–H and O–H groups in total. The largest absolute Gasteiger partial charge is 0.355 e. The summed E-state index contributed by atoms with van der Waals surface area (Å²) in [5, 5.41) is 6.73. The molecule has 0 unspecified atom stereocenters. The van der Waals surface area contributed by atoms with Gasteiger partial charge in [0.25, 0.3) is 0 Å². The molecule has 0 atom stereocenters. The summed E-state index contributed by atoms with van der Waals surface area (Å²) in [5.74, 6) is 0.955. The van der Waals surface area contributed by atoms with Crippen molar-refractivity contribution < 1.29 is 4.79 Å². The molecule has 0 spiro atoms. The SMILES string of the molecule is CN=C(NCc1ccc(Br)cc1C)NCC1(C(=O)N(C)C)CCCC1. The molecule has 0 heterocycles. The van der Waals surface area contributed by atoms with E-state index in [2.05, 4.69) is 50.6 Å². The highest BCUT2D eigenvalue weighted by Gasteiger charge is 2.42. The number of benzene rings is 1. The average molecular weight is 409 g/mol. The minimum Gasteiger partial charge on any atom is -0.355 e. The highest BCUT2D eigenvalue weighted by Crippen LogP contribution is 2.38. The Morgan fingerprint density at radius 3 is 2.52 bits per heavy atom. The van der Waals surface area contributed by atoms with E-state index in [1.807, 2.05) is 20.2 Å². The highest BCUT2D eigenvalue weighted by molar-refractivity contribution is 9.10. The number of guanidine groups is 1. The number of carbonyl (C=O) groups is 1. The number of carbonyl (C=O) groups excluding carboxylic acids is 1. The van der Waals surface area contributed by atoms with Crippen LogP contribution in [0.3, 0.4) is 0 Å². The van der Waals surface area contributed by atoms with Gasteiger partial charge in [0.15, 0.2) is 5.96 Å². The molecular formula is C19H29BrN4O. The van der Waals surface area contributed by atoms with Crippen LogP contribution in [0, 0.1) is 12.3 Å². The summed E-state index contributed by atoms with van der Waals surface area (Å²) in [6.07, 6.45) is 4.12. The van der Waals surface area contributed by atoms with Gasteiger partial charge in [-0.25, -0.2) is 0 Å². The van der Waals surface area contributed by atoms with Crippen molar-refractivity contribution >= 4 is 27.8 Å². The first kappa shape index (κ1) is 19.8. The van der Waals surface area contributed by atoms with Crippen LogP contribution in [0.15, 0.2) is 27.7 Å². The minimum absolute atomic E-state index is 0.219. The molecule has 2 rings (SSSR count). The van der Waals surface area contributed by atoms with Gasteiger partial charge in [-0.15, -0.1) is 0 Å². The van der Waals surface area contributed by atoms with Gasteiger partial charge in [-0.05, 0) is 43.0 Å². The Kier molecular flexibility index (Phi) is 6.87. The van der Waals surface area contributed by atoms with E-state index in [-0.39, 0.29) is 11.3 Å². The van der Waals surface area contributed by atoms with Crippen LogP contribution in [-0.2, 0) is 11.3 Å². The molecule has 6 heteroatoms. The Morgan fingerprint density at radius 1 is 1.28 bits per heavy atom. The standard InChI is InChI=1S/C19H29BrN4O/c1-14-11-16(20)8-7-15(14)12-22-18(21-2)23-13-19(9-5-6-10-19)17(25)24(3)4/h7-8,11H,5-6,9-10,12-13H2,1-4H3,(H2,21,22,23). The smallest absolute Gasteiger partial charge is 0.230 e. The molecule has 25 heavy (non-hydrogen) atoms. The molecule has 0 aliphatic heterocycles. The zero-order chi connectivity index (χ0) is 18.4. The van der Waals surface area contributed by atoms with Crippen LogP contribution in [0.25, 0.3) is 0 Å². The molecule has 1 aliphatic rings. The molecule has 1 saturated carbocycles. The summed E-state index contributed by atoms with van der Waals surface area (Å²) in [5.41, 5.74) is 2.16. The summed E-state index contributed by atoms with van der Waals surface area (Å²) in [6.45, 7) is 3.43. The molecule has 138 valence electrons. The number of hydrogen-bond acceptors (Lipinski definition) is 2. The number of nitrogens with one attached hydrogen (secondary N) is 2. The first-order chi connectivity index (χ1) is 11.9. The molecule has 1 fully saturated rings. The maximum Gasteiger partial charge on any atom is 0.230 e. The molecule has 1 aromatic carbocycles. The maximum absolute atomic E-state index is 12.6. The van der Waals surface area contributed by atoms with E-state index in [9.17, 15) is 4.79 Å². The Bertz CT molecular complexity index is 636. The fourth-order valence-electron chi connectivity index (χ4n) is 3.50. The number of aliphatic imine (C=N–C) groups is 1. The van der Waals surface area contributed by atoms with Crippen molar-refractivity contribution in [3.63, 3.8) is 0 Å². The fourth-order valence-corrected chi connectivity index (χ4v) is 3.98. The summed E-state index contributed by atoms with van der Waals surface area (Å²) >= 11 is 3.49. The normalized spacial score (nSPS) is 16.6. The molecule has 0 aromatic heterocycles. The first-order valence-corrected chi connectivity index (χ1v) is 9.58. The van der Waals surface area contributed by atoms with E-state index in [0.29, 0.717) is 13.1 Å². The lowest BCUT2D eigenvalue weighted by Gasteiger charge is -2.31. The fraction of sp³-hybridized carbons (Fsp3) is 0.579. The molecular weight excluding hydrogens is 380 g/mol. The molecule has 1 aliphatic carbocycles. The summed E-state index contributed by atoms with van der Waals surface area (Å²) in [7, 11) is 5.44. The van der Waals surface area contributed by atoms with Crippen LogP contribution < -0.4 is 10.6 Å². The number of halogens is 1. The van der Waals surface area contributed by atoms with Gasteiger partial charge in [0.05, 0.1) is 5.41 Å². The lowest BCUT2D eigenvalue weighted by atomic mass is 9.84. The second-order valence-electron chi connectivity index (χ2n) is 7.04. The van der Waals surface area contributed by atoms with Crippen LogP contribution >= 0.6 is 15.9 Å². The minimum atomic E-state index is -0.297. The molecule has 1 aromatic rings. The number of rotatable bonds is 5. The van der Waals surface area contributed by atoms with Crippen LogP contribution in [0.5, 0.6) is 0 Å². The van der Waals surface area contributed by atoms with E-state index < -0.39 is 0 Å². The van der Waals surface area contributed by atoms with Crippen molar-refractivity contribution in [1.82, 2.24) is 15.5 Å². The van der Waals surface area contributed by atoms with Crippen LogP contribution in [0.4, 0.5) is 0 Å². The summed E-state index contributed by atoms with van der Waals surface area (Å²) in [4.78, 5) is 18.7. The zero-order valence-corrected chi connectivity index (χ0v) is 17.2. The third-order valence-electron chi connectivity index (χ3n) is 4.99. The van der Waals surface area contributed by atoms with E-state index in [1.165, 1.54) is 11.1 Å². The van der Waals surface area contributed by atoms with Gasteiger partial charge >= 0.3 is 0 Å². The van der Waals surface area contributed by atoms with Crippen LogP contribution in [0.2, 0.25) is 0 Å². The monoisotopic (exact) mass is 408 g/mol. The number of hydrogen-bond donors (Lipinski definition) is 2. The van der Waals surface area contributed by atoms with Crippen molar-refractivity contribution in [1.29, 1.82) is 0 Å². The quantitative estimate of drug-likeness (QED) is 0.581. The predicted octanol–water partition coefficient (Wildman–Crippen LogP) is 3.07. The molecule has 1 amide bonds. The molecule has 0 saturated heterocycles. The number of amides is 1. The second kappa shape index (κ2) is 8.70. The van der Waals surface area contributed by atoms with Crippen molar-refractivity contribution in [2.45, 2.75) is 39.2 Å². The van der Waals surface area contributed by atoms with Gasteiger partial charge in [-0.1, -0.05) is 34.8 Å². The van der Waals surface area contributed by atoms with Crippen molar-refractivity contribution in [3.05, 3.63) is 33.8 Å². The van der Waals surface area contributed by atoms with Gasteiger partial charge in [-0.3, -0.25) is 9.79 Å². The number of aryl methyl sites for hydroxylation is 1. The molecule has 0 radical (unpaired) electrons.